The molecule has 1 saturated heterocycles. The largest absolute Gasteiger partial charge is 0.488 e. The zero-order valence-electron chi connectivity index (χ0n) is 8.17. The second kappa shape index (κ2) is 4.16. The molecule has 1 aromatic heterocycles. The molecule has 0 spiro atoms. The number of rotatable bonds is 2. The van der Waals surface area contributed by atoms with Crippen molar-refractivity contribution in [3.63, 3.8) is 0 Å². The molecule has 1 unspecified atom stereocenters. The van der Waals surface area contributed by atoms with Crippen molar-refractivity contribution in [3.8, 4) is 5.75 Å². The molecule has 0 bridgehead atoms. The zero-order valence-corrected chi connectivity index (χ0v) is 8.17. The SMILES string of the molecule is O=C(O)N1CCC(Oc2ccncc2)C1. The van der Waals surface area contributed by atoms with E-state index in [4.69, 9.17) is 9.84 Å². The first kappa shape index (κ1) is 9.76. The van der Waals surface area contributed by atoms with Crippen molar-refractivity contribution in [2.45, 2.75) is 12.5 Å². The van der Waals surface area contributed by atoms with Crippen LogP contribution in [0.25, 0.3) is 0 Å². The molecule has 80 valence electrons. The molecule has 1 aromatic rings. The molecule has 5 nitrogen and oxygen atoms in total. The Balaban J connectivity index is 1.90. The summed E-state index contributed by atoms with van der Waals surface area (Å²) in [5, 5.41) is 8.76. The Bertz CT molecular complexity index is 342. The molecular formula is C10H12N2O3. The summed E-state index contributed by atoms with van der Waals surface area (Å²) in [4.78, 5) is 15.9. The minimum Gasteiger partial charge on any atom is -0.488 e. The lowest BCUT2D eigenvalue weighted by molar-refractivity contribution is 0.145. The smallest absolute Gasteiger partial charge is 0.407 e. The number of hydrogen-bond donors (Lipinski definition) is 1. The lowest BCUT2D eigenvalue weighted by Crippen LogP contribution is -2.29. The van der Waals surface area contributed by atoms with Gasteiger partial charge in [-0.05, 0) is 12.1 Å². The number of amides is 1. The van der Waals surface area contributed by atoms with E-state index in [0.717, 1.165) is 12.2 Å². The molecule has 1 N–H and O–H groups in total. The van der Waals surface area contributed by atoms with Crippen molar-refractivity contribution < 1.29 is 14.6 Å². The average molecular weight is 208 g/mol. The first-order chi connectivity index (χ1) is 7.25. The monoisotopic (exact) mass is 208 g/mol. The molecule has 15 heavy (non-hydrogen) atoms. The van der Waals surface area contributed by atoms with Crippen molar-refractivity contribution in [2.24, 2.45) is 0 Å². The number of likely N-dealkylation sites (tertiary alicyclic amines) is 1. The van der Waals surface area contributed by atoms with Gasteiger partial charge in [0.25, 0.3) is 0 Å². The number of ether oxygens (including phenoxy) is 1. The van der Waals surface area contributed by atoms with Gasteiger partial charge in [0.05, 0.1) is 6.54 Å². The Morgan fingerprint density at radius 1 is 1.53 bits per heavy atom. The molecule has 0 radical (unpaired) electrons. The lowest BCUT2D eigenvalue weighted by atomic mass is 10.3. The fourth-order valence-electron chi connectivity index (χ4n) is 1.61. The van der Waals surface area contributed by atoms with Gasteiger partial charge in [-0.15, -0.1) is 0 Å². The third-order valence-electron chi connectivity index (χ3n) is 2.37. The van der Waals surface area contributed by atoms with E-state index in [-0.39, 0.29) is 6.10 Å². The molecule has 1 aliphatic rings. The Kier molecular flexibility index (Phi) is 2.71. The Morgan fingerprint density at radius 2 is 2.27 bits per heavy atom. The maximum absolute atomic E-state index is 10.7. The maximum Gasteiger partial charge on any atom is 0.407 e. The van der Waals surface area contributed by atoms with E-state index in [2.05, 4.69) is 4.98 Å². The first-order valence-corrected chi connectivity index (χ1v) is 4.80. The number of aromatic nitrogens is 1. The molecule has 1 amide bonds. The van der Waals surface area contributed by atoms with Crippen LogP contribution in [-0.4, -0.2) is 40.3 Å². The molecule has 1 aliphatic heterocycles. The quantitative estimate of drug-likeness (QED) is 0.793. The van der Waals surface area contributed by atoms with Crippen LogP contribution in [0.1, 0.15) is 6.42 Å². The van der Waals surface area contributed by atoms with Crippen LogP contribution < -0.4 is 4.74 Å². The van der Waals surface area contributed by atoms with Crippen molar-refractivity contribution in [2.75, 3.05) is 13.1 Å². The highest BCUT2D eigenvalue weighted by molar-refractivity contribution is 5.65. The highest BCUT2D eigenvalue weighted by Crippen LogP contribution is 2.17. The van der Waals surface area contributed by atoms with Gasteiger partial charge in [-0.2, -0.15) is 0 Å². The molecule has 0 saturated carbocycles. The number of nitrogens with zero attached hydrogens (tertiary/aromatic N) is 2. The maximum atomic E-state index is 10.7. The van der Waals surface area contributed by atoms with Crippen LogP contribution >= 0.6 is 0 Å². The van der Waals surface area contributed by atoms with Crippen LogP contribution in [0.2, 0.25) is 0 Å². The normalized spacial score (nSPS) is 20.3. The van der Waals surface area contributed by atoms with Crippen molar-refractivity contribution >= 4 is 6.09 Å². The number of hydrogen-bond acceptors (Lipinski definition) is 3. The predicted octanol–water partition coefficient (Wildman–Crippen LogP) is 1.21. The summed E-state index contributed by atoms with van der Waals surface area (Å²) in [5.74, 6) is 0.738. The number of carbonyl (C=O) groups is 1. The van der Waals surface area contributed by atoms with Crippen LogP contribution in [0.15, 0.2) is 24.5 Å². The highest BCUT2D eigenvalue weighted by Gasteiger charge is 2.27. The van der Waals surface area contributed by atoms with E-state index in [1.807, 2.05) is 0 Å². The molecule has 1 fully saturated rings. The van der Waals surface area contributed by atoms with Crippen LogP contribution in [-0.2, 0) is 0 Å². The number of pyridine rings is 1. The van der Waals surface area contributed by atoms with Gasteiger partial charge in [0.1, 0.15) is 11.9 Å². The van der Waals surface area contributed by atoms with E-state index < -0.39 is 6.09 Å². The topological polar surface area (TPSA) is 62.7 Å². The molecule has 5 heteroatoms. The summed E-state index contributed by atoms with van der Waals surface area (Å²) >= 11 is 0. The molecule has 2 heterocycles. The lowest BCUT2D eigenvalue weighted by Gasteiger charge is -2.14. The van der Waals surface area contributed by atoms with Gasteiger partial charge in [-0.3, -0.25) is 4.98 Å². The Labute approximate surface area is 87.3 Å². The average Bonchev–Trinajstić information content (AvgIpc) is 2.68. The predicted molar refractivity (Wildman–Crippen MR) is 52.9 cm³/mol. The van der Waals surface area contributed by atoms with E-state index >= 15 is 0 Å². The summed E-state index contributed by atoms with van der Waals surface area (Å²) in [7, 11) is 0. The van der Waals surface area contributed by atoms with Gasteiger partial charge in [-0.25, -0.2) is 4.79 Å². The summed E-state index contributed by atoms with van der Waals surface area (Å²) in [6, 6.07) is 3.53. The first-order valence-electron chi connectivity index (χ1n) is 4.80. The third-order valence-corrected chi connectivity index (χ3v) is 2.37. The van der Waals surface area contributed by atoms with Crippen LogP contribution in [0, 0.1) is 0 Å². The van der Waals surface area contributed by atoms with Crippen molar-refractivity contribution in [1.29, 1.82) is 0 Å². The standard InChI is InChI=1S/C10H12N2O3/c13-10(14)12-6-3-9(7-12)15-8-1-4-11-5-2-8/h1-2,4-5,9H,3,6-7H2,(H,13,14). The Hall–Kier alpha value is -1.78. The molecular weight excluding hydrogens is 196 g/mol. The van der Waals surface area contributed by atoms with E-state index in [1.54, 1.807) is 24.5 Å². The van der Waals surface area contributed by atoms with E-state index in [0.29, 0.717) is 13.1 Å². The third kappa shape index (κ3) is 2.37. The fourth-order valence-corrected chi connectivity index (χ4v) is 1.61. The second-order valence-corrected chi connectivity index (χ2v) is 3.44. The minimum absolute atomic E-state index is 0.0384. The van der Waals surface area contributed by atoms with E-state index in [1.165, 1.54) is 4.90 Å². The highest BCUT2D eigenvalue weighted by atomic mass is 16.5. The summed E-state index contributed by atoms with van der Waals surface area (Å²) < 4.78 is 5.61. The van der Waals surface area contributed by atoms with Crippen LogP contribution in [0.3, 0.4) is 0 Å². The summed E-state index contributed by atoms with van der Waals surface area (Å²) in [6.45, 7) is 0.989. The van der Waals surface area contributed by atoms with Crippen LogP contribution in [0.4, 0.5) is 4.79 Å². The molecule has 0 aliphatic carbocycles. The molecule has 2 rings (SSSR count). The summed E-state index contributed by atoms with van der Waals surface area (Å²) in [6.07, 6.45) is 3.13. The van der Waals surface area contributed by atoms with Gasteiger partial charge in [0.2, 0.25) is 0 Å². The van der Waals surface area contributed by atoms with Gasteiger partial charge in [0, 0.05) is 25.4 Å². The van der Waals surface area contributed by atoms with E-state index in [9.17, 15) is 4.79 Å². The molecule has 1 atom stereocenters. The Morgan fingerprint density at radius 3 is 2.87 bits per heavy atom. The van der Waals surface area contributed by atoms with Crippen LogP contribution in [0.5, 0.6) is 5.75 Å². The van der Waals surface area contributed by atoms with Gasteiger partial charge in [-0.1, -0.05) is 0 Å². The number of carboxylic acid groups (broad SMARTS) is 1. The second-order valence-electron chi connectivity index (χ2n) is 3.44. The van der Waals surface area contributed by atoms with Gasteiger partial charge >= 0.3 is 6.09 Å². The van der Waals surface area contributed by atoms with Crippen molar-refractivity contribution in [3.05, 3.63) is 24.5 Å². The minimum atomic E-state index is -0.879. The fraction of sp³-hybridized carbons (Fsp3) is 0.400. The van der Waals surface area contributed by atoms with Gasteiger partial charge in [0.15, 0.2) is 0 Å². The summed E-state index contributed by atoms with van der Waals surface area (Å²) in [5.41, 5.74) is 0. The molecule has 0 aromatic carbocycles. The zero-order chi connectivity index (χ0) is 10.7. The van der Waals surface area contributed by atoms with Gasteiger partial charge < -0.3 is 14.7 Å². The van der Waals surface area contributed by atoms with Crippen molar-refractivity contribution in [1.82, 2.24) is 9.88 Å².